The van der Waals surface area contributed by atoms with E-state index < -0.39 is 0 Å². The van der Waals surface area contributed by atoms with Crippen molar-refractivity contribution in [3.8, 4) is 5.75 Å². The second kappa shape index (κ2) is 7.44. The van der Waals surface area contributed by atoms with Gasteiger partial charge in [-0.25, -0.2) is 0 Å². The number of unbranched alkanes of at least 4 members (excludes halogenated alkanes) is 1. The van der Waals surface area contributed by atoms with Crippen molar-refractivity contribution >= 4 is 16.7 Å². The van der Waals surface area contributed by atoms with Crippen LogP contribution in [0.2, 0.25) is 0 Å². The van der Waals surface area contributed by atoms with Gasteiger partial charge in [-0.15, -0.1) is 0 Å². The highest BCUT2D eigenvalue weighted by molar-refractivity contribution is 5.91. The Bertz CT molecular complexity index is 621. The molecule has 0 fully saturated rings. The standard InChI is InChI=1S/C20H26O2/c1-4-7-15-20(5-2,6-3)19(21)22-18-14-10-12-16-11-8-9-13-17(16)18/h8-14H,4-7,15H2,1-3H3. The number of carbonyl (C=O) groups is 1. The summed E-state index contributed by atoms with van der Waals surface area (Å²) < 4.78 is 5.83. The van der Waals surface area contributed by atoms with Crippen LogP contribution in [0.15, 0.2) is 42.5 Å². The lowest BCUT2D eigenvalue weighted by atomic mass is 9.78. The van der Waals surface area contributed by atoms with Gasteiger partial charge in [0.1, 0.15) is 5.75 Å². The van der Waals surface area contributed by atoms with E-state index in [1.807, 2.05) is 42.5 Å². The minimum atomic E-state index is -0.354. The molecular formula is C20H26O2. The molecule has 2 nitrogen and oxygen atoms in total. The predicted molar refractivity (Wildman–Crippen MR) is 92.1 cm³/mol. The Hall–Kier alpha value is -1.83. The lowest BCUT2D eigenvalue weighted by Gasteiger charge is -2.29. The smallest absolute Gasteiger partial charge is 0.317 e. The zero-order valence-corrected chi connectivity index (χ0v) is 13.9. The first kappa shape index (κ1) is 16.5. The molecule has 0 N–H and O–H groups in total. The van der Waals surface area contributed by atoms with Crippen molar-refractivity contribution in [3.63, 3.8) is 0 Å². The molecule has 0 aliphatic heterocycles. The number of hydrogen-bond acceptors (Lipinski definition) is 2. The lowest BCUT2D eigenvalue weighted by molar-refractivity contribution is -0.147. The molecular weight excluding hydrogens is 272 g/mol. The normalized spacial score (nSPS) is 11.6. The van der Waals surface area contributed by atoms with Crippen molar-refractivity contribution in [1.82, 2.24) is 0 Å². The van der Waals surface area contributed by atoms with Gasteiger partial charge in [-0.05, 0) is 30.7 Å². The van der Waals surface area contributed by atoms with Crippen LogP contribution in [0.3, 0.4) is 0 Å². The van der Waals surface area contributed by atoms with E-state index >= 15 is 0 Å². The Kier molecular flexibility index (Phi) is 5.59. The predicted octanol–water partition coefficient (Wildman–Crippen LogP) is 5.74. The molecule has 2 aromatic carbocycles. The van der Waals surface area contributed by atoms with E-state index in [-0.39, 0.29) is 11.4 Å². The Morgan fingerprint density at radius 1 is 1.00 bits per heavy atom. The number of rotatable bonds is 7. The molecule has 0 radical (unpaired) electrons. The topological polar surface area (TPSA) is 26.3 Å². The van der Waals surface area contributed by atoms with E-state index in [0.717, 1.165) is 42.9 Å². The van der Waals surface area contributed by atoms with Gasteiger partial charge in [0.05, 0.1) is 5.41 Å². The van der Waals surface area contributed by atoms with Crippen LogP contribution < -0.4 is 4.74 Å². The Morgan fingerprint density at radius 2 is 1.68 bits per heavy atom. The van der Waals surface area contributed by atoms with Gasteiger partial charge in [-0.3, -0.25) is 4.79 Å². The van der Waals surface area contributed by atoms with Crippen molar-refractivity contribution in [2.45, 2.75) is 52.9 Å². The summed E-state index contributed by atoms with van der Waals surface area (Å²) in [6.07, 6.45) is 4.72. The largest absolute Gasteiger partial charge is 0.425 e. The van der Waals surface area contributed by atoms with Crippen LogP contribution in [0.4, 0.5) is 0 Å². The van der Waals surface area contributed by atoms with Gasteiger partial charge in [0, 0.05) is 5.39 Å². The van der Waals surface area contributed by atoms with Crippen LogP contribution in [0, 0.1) is 5.41 Å². The molecule has 0 aliphatic rings. The summed E-state index contributed by atoms with van der Waals surface area (Å²) in [6.45, 7) is 6.33. The highest BCUT2D eigenvalue weighted by Gasteiger charge is 2.36. The molecule has 0 unspecified atom stereocenters. The Morgan fingerprint density at radius 3 is 2.36 bits per heavy atom. The molecule has 0 amide bonds. The molecule has 2 rings (SSSR count). The fraction of sp³-hybridized carbons (Fsp3) is 0.450. The van der Waals surface area contributed by atoms with Crippen molar-refractivity contribution in [3.05, 3.63) is 42.5 Å². The van der Waals surface area contributed by atoms with E-state index in [1.165, 1.54) is 0 Å². The average molecular weight is 298 g/mol. The lowest BCUT2D eigenvalue weighted by Crippen LogP contribution is -2.34. The molecule has 0 aromatic heterocycles. The first-order valence-electron chi connectivity index (χ1n) is 8.37. The van der Waals surface area contributed by atoms with Gasteiger partial charge in [-0.2, -0.15) is 0 Å². The highest BCUT2D eigenvalue weighted by atomic mass is 16.5. The number of ether oxygens (including phenoxy) is 1. The quantitative estimate of drug-likeness (QED) is 0.481. The molecule has 22 heavy (non-hydrogen) atoms. The van der Waals surface area contributed by atoms with Crippen LogP contribution in [0.1, 0.15) is 52.9 Å². The Labute approximate surface area is 133 Å². The molecule has 2 heteroatoms. The van der Waals surface area contributed by atoms with Crippen LogP contribution in [0.5, 0.6) is 5.75 Å². The second-order valence-electron chi connectivity index (χ2n) is 5.96. The zero-order valence-electron chi connectivity index (χ0n) is 13.9. The summed E-state index contributed by atoms with van der Waals surface area (Å²) in [6, 6.07) is 13.9. The van der Waals surface area contributed by atoms with Crippen LogP contribution in [-0.2, 0) is 4.79 Å². The third-order valence-corrected chi connectivity index (χ3v) is 4.75. The zero-order chi connectivity index (χ0) is 16.0. The molecule has 118 valence electrons. The monoisotopic (exact) mass is 298 g/mol. The van der Waals surface area contributed by atoms with E-state index in [1.54, 1.807) is 0 Å². The number of fused-ring (bicyclic) bond motifs is 1. The fourth-order valence-electron chi connectivity index (χ4n) is 3.00. The van der Waals surface area contributed by atoms with Gasteiger partial charge < -0.3 is 4.74 Å². The summed E-state index contributed by atoms with van der Waals surface area (Å²) in [7, 11) is 0. The minimum Gasteiger partial charge on any atom is -0.425 e. The average Bonchev–Trinajstić information content (AvgIpc) is 2.57. The SMILES string of the molecule is CCCCC(CC)(CC)C(=O)Oc1cccc2ccccc12. The molecule has 2 aromatic rings. The first-order chi connectivity index (χ1) is 10.7. The van der Waals surface area contributed by atoms with Crippen molar-refractivity contribution < 1.29 is 9.53 Å². The molecule has 0 saturated carbocycles. The maximum atomic E-state index is 12.8. The number of esters is 1. The number of carbonyl (C=O) groups excluding carboxylic acids is 1. The second-order valence-corrected chi connectivity index (χ2v) is 5.96. The summed E-state index contributed by atoms with van der Waals surface area (Å²) in [5.74, 6) is 0.591. The van der Waals surface area contributed by atoms with Crippen LogP contribution >= 0.6 is 0 Å². The van der Waals surface area contributed by atoms with Gasteiger partial charge in [0.15, 0.2) is 0 Å². The van der Waals surface area contributed by atoms with Gasteiger partial charge in [-0.1, -0.05) is 70.0 Å². The van der Waals surface area contributed by atoms with E-state index in [0.29, 0.717) is 5.75 Å². The summed E-state index contributed by atoms with van der Waals surface area (Å²) in [4.78, 5) is 12.8. The molecule has 0 atom stereocenters. The van der Waals surface area contributed by atoms with E-state index in [9.17, 15) is 4.79 Å². The van der Waals surface area contributed by atoms with Gasteiger partial charge >= 0.3 is 5.97 Å². The molecule has 0 spiro atoms. The van der Waals surface area contributed by atoms with Crippen molar-refractivity contribution in [2.75, 3.05) is 0 Å². The minimum absolute atomic E-state index is 0.0812. The third-order valence-electron chi connectivity index (χ3n) is 4.75. The number of hydrogen-bond donors (Lipinski definition) is 0. The maximum Gasteiger partial charge on any atom is 0.317 e. The summed E-state index contributed by atoms with van der Waals surface area (Å²) in [5, 5.41) is 2.09. The van der Waals surface area contributed by atoms with Crippen LogP contribution in [0.25, 0.3) is 10.8 Å². The van der Waals surface area contributed by atoms with Gasteiger partial charge in [0.2, 0.25) is 0 Å². The van der Waals surface area contributed by atoms with Gasteiger partial charge in [0.25, 0.3) is 0 Å². The van der Waals surface area contributed by atoms with Crippen molar-refractivity contribution in [2.24, 2.45) is 5.41 Å². The fourth-order valence-corrected chi connectivity index (χ4v) is 3.00. The molecule has 0 saturated heterocycles. The highest BCUT2D eigenvalue weighted by Crippen LogP contribution is 2.36. The molecule has 0 bridgehead atoms. The van der Waals surface area contributed by atoms with E-state index in [4.69, 9.17) is 4.74 Å². The first-order valence-corrected chi connectivity index (χ1v) is 8.37. The summed E-state index contributed by atoms with van der Waals surface area (Å²) in [5.41, 5.74) is -0.354. The van der Waals surface area contributed by atoms with Crippen molar-refractivity contribution in [1.29, 1.82) is 0 Å². The molecule has 0 heterocycles. The maximum absolute atomic E-state index is 12.8. The van der Waals surface area contributed by atoms with Crippen LogP contribution in [-0.4, -0.2) is 5.97 Å². The Balaban J connectivity index is 2.28. The van der Waals surface area contributed by atoms with E-state index in [2.05, 4.69) is 20.8 Å². The number of benzene rings is 2. The summed E-state index contributed by atoms with van der Waals surface area (Å²) >= 11 is 0. The third kappa shape index (κ3) is 3.32. The molecule has 0 aliphatic carbocycles.